The smallest absolute Gasteiger partial charge is 0.230 e. The van der Waals surface area contributed by atoms with E-state index in [1.807, 2.05) is 54.6 Å². The molecule has 0 radical (unpaired) electrons. The third kappa shape index (κ3) is 3.92. The summed E-state index contributed by atoms with van der Waals surface area (Å²) in [5.74, 6) is 1.96. The Labute approximate surface area is 195 Å². The predicted molar refractivity (Wildman–Crippen MR) is 129 cm³/mol. The van der Waals surface area contributed by atoms with Gasteiger partial charge in [0.25, 0.3) is 0 Å². The molecular weight excluding hydrogens is 432 g/mol. The van der Waals surface area contributed by atoms with Gasteiger partial charge in [-0.1, -0.05) is 12.1 Å². The minimum Gasteiger partial charge on any atom is -0.497 e. The average Bonchev–Trinajstić information content (AvgIpc) is 3.33. The molecule has 0 N–H and O–H groups in total. The molecular formula is C27H22N2O5. The molecule has 1 aliphatic rings. The maximum Gasteiger partial charge on any atom is 0.230 e. The van der Waals surface area contributed by atoms with Gasteiger partial charge in [0.15, 0.2) is 5.43 Å². The van der Waals surface area contributed by atoms with Gasteiger partial charge in [-0.05, 0) is 65.7 Å². The first-order valence-electron chi connectivity index (χ1n) is 10.8. The van der Waals surface area contributed by atoms with Gasteiger partial charge in [-0.25, -0.2) is 5.01 Å². The molecule has 3 aromatic carbocycles. The summed E-state index contributed by atoms with van der Waals surface area (Å²) in [6.45, 7) is 0. The number of fused-ring (bicyclic) bond motifs is 1. The lowest BCUT2D eigenvalue weighted by Crippen LogP contribution is -2.17. The van der Waals surface area contributed by atoms with Crippen molar-refractivity contribution in [3.05, 3.63) is 94.1 Å². The number of ether oxygens (including phenoxy) is 2. The van der Waals surface area contributed by atoms with Crippen molar-refractivity contribution in [2.45, 2.75) is 12.5 Å². The predicted octanol–water partition coefficient (Wildman–Crippen LogP) is 4.78. The van der Waals surface area contributed by atoms with E-state index < -0.39 is 0 Å². The highest BCUT2D eigenvalue weighted by Crippen LogP contribution is 2.33. The molecule has 170 valence electrons. The van der Waals surface area contributed by atoms with Crippen molar-refractivity contribution in [1.82, 2.24) is 5.01 Å². The summed E-state index contributed by atoms with van der Waals surface area (Å²) in [6, 6.07) is 21.6. The number of hydrogen-bond acceptors (Lipinski definition) is 6. The Balaban J connectivity index is 1.46. The Hall–Kier alpha value is -4.39. The van der Waals surface area contributed by atoms with Crippen LogP contribution in [0.15, 0.2) is 87.1 Å². The number of amides is 1. The highest BCUT2D eigenvalue weighted by Gasteiger charge is 2.29. The molecule has 0 aliphatic carbocycles. The van der Waals surface area contributed by atoms with E-state index in [9.17, 15) is 9.59 Å². The zero-order valence-corrected chi connectivity index (χ0v) is 18.7. The topological polar surface area (TPSA) is 81.3 Å². The van der Waals surface area contributed by atoms with Crippen molar-refractivity contribution in [2.24, 2.45) is 5.10 Å². The van der Waals surface area contributed by atoms with Gasteiger partial charge in [0, 0.05) is 18.1 Å². The van der Waals surface area contributed by atoms with Gasteiger partial charge >= 0.3 is 0 Å². The fraction of sp³-hybridized carbons (Fsp3) is 0.148. The Morgan fingerprint density at radius 2 is 1.56 bits per heavy atom. The number of nitrogens with zero attached hydrogens (tertiary/aromatic N) is 2. The SMILES string of the molecule is COc1ccc(-c2cc(=O)c3cc(C4=NN(C=O)C(c5ccc(OC)cc5)C4)ccc3o2)cc1. The van der Waals surface area contributed by atoms with E-state index in [0.29, 0.717) is 23.2 Å². The molecule has 1 aromatic heterocycles. The maximum absolute atomic E-state index is 12.9. The van der Waals surface area contributed by atoms with Gasteiger partial charge in [-0.3, -0.25) is 9.59 Å². The summed E-state index contributed by atoms with van der Waals surface area (Å²) in [5.41, 5.74) is 3.59. The minimum atomic E-state index is -0.219. The second-order valence-corrected chi connectivity index (χ2v) is 7.94. The van der Waals surface area contributed by atoms with Crippen molar-refractivity contribution in [3.63, 3.8) is 0 Å². The average molecular weight is 454 g/mol. The summed E-state index contributed by atoms with van der Waals surface area (Å²) in [4.78, 5) is 24.6. The van der Waals surface area contributed by atoms with Crippen LogP contribution in [0.3, 0.4) is 0 Å². The number of carbonyl (C=O) groups is 1. The van der Waals surface area contributed by atoms with Crippen molar-refractivity contribution >= 4 is 23.1 Å². The summed E-state index contributed by atoms with van der Waals surface area (Å²) >= 11 is 0. The second kappa shape index (κ2) is 8.86. The van der Waals surface area contributed by atoms with E-state index in [2.05, 4.69) is 5.10 Å². The van der Waals surface area contributed by atoms with E-state index in [1.165, 1.54) is 11.1 Å². The van der Waals surface area contributed by atoms with Crippen LogP contribution in [0.1, 0.15) is 23.6 Å². The van der Waals surface area contributed by atoms with E-state index in [0.717, 1.165) is 40.3 Å². The Kier molecular flexibility index (Phi) is 5.59. The van der Waals surface area contributed by atoms with Gasteiger partial charge < -0.3 is 13.9 Å². The number of benzene rings is 3. The van der Waals surface area contributed by atoms with Crippen LogP contribution in [0.5, 0.6) is 11.5 Å². The summed E-state index contributed by atoms with van der Waals surface area (Å²) in [7, 11) is 3.21. The van der Waals surface area contributed by atoms with Crippen molar-refractivity contribution in [1.29, 1.82) is 0 Å². The van der Waals surface area contributed by atoms with Gasteiger partial charge in [-0.2, -0.15) is 5.10 Å². The zero-order valence-electron chi connectivity index (χ0n) is 18.7. The van der Waals surface area contributed by atoms with Crippen LogP contribution in [-0.4, -0.2) is 31.4 Å². The molecule has 1 unspecified atom stereocenters. The molecule has 1 amide bonds. The Bertz CT molecular complexity index is 1440. The highest BCUT2D eigenvalue weighted by atomic mass is 16.5. The molecule has 7 heteroatoms. The van der Waals surface area contributed by atoms with Crippen LogP contribution < -0.4 is 14.9 Å². The van der Waals surface area contributed by atoms with E-state index in [4.69, 9.17) is 13.9 Å². The van der Waals surface area contributed by atoms with Gasteiger partial charge in [0.1, 0.15) is 22.8 Å². The standard InChI is InChI=1S/C27H22N2O5/c1-32-20-8-3-17(4-9-20)24-14-23(28-29(24)16-30)19-7-12-26-22(13-19)25(31)15-27(34-26)18-5-10-21(33-2)11-6-18/h3-13,15-16,24H,14H2,1-2H3. The molecule has 2 heterocycles. The number of carbonyl (C=O) groups excluding carboxylic acids is 1. The maximum atomic E-state index is 12.9. The number of hydrogen-bond donors (Lipinski definition) is 0. The number of hydrazone groups is 1. The Morgan fingerprint density at radius 3 is 2.21 bits per heavy atom. The fourth-order valence-corrected chi connectivity index (χ4v) is 4.13. The normalized spacial score (nSPS) is 15.3. The van der Waals surface area contributed by atoms with Gasteiger partial charge in [0.2, 0.25) is 6.41 Å². The Morgan fingerprint density at radius 1 is 0.912 bits per heavy atom. The summed E-state index contributed by atoms with van der Waals surface area (Å²) in [5, 5.41) is 6.38. The molecule has 0 saturated heterocycles. The molecule has 34 heavy (non-hydrogen) atoms. The largest absolute Gasteiger partial charge is 0.497 e. The first kappa shape index (κ1) is 21.5. The molecule has 1 atom stereocenters. The van der Waals surface area contributed by atoms with Crippen LogP contribution in [-0.2, 0) is 4.79 Å². The summed E-state index contributed by atoms with van der Waals surface area (Å²) in [6.07, 6.45) is 1.25. The third-order valence-corrected chi connectivity index (χ3v) is 5.99. The number of methoxy groups -OCH3 is 2. The fourth-order valence-electron chi connectivity index (χ4n) is 4.13. The first-order chi connectivity index (χ1) is 16.6. The van der Waals surface area contributed by atoms with Crippen molar-refractivity contribution in [3.8, 4) is 22.8 Å². The minimum absolute atomic E-state index is 0.147. The van der Waals surface area contributed by atoms with Crippen LogP contribution in [0.4, 0.5) is 0 Å². The van der Waals surface area contributed by atoms with Crippen LogP contribution in [0.25, 0.3) is 22.3 Å². The number of rotatable bonds is 6. The molecule has 1 aliphatic heterocycles. The molecule has 0 spiro atoms. The van der Waals surface area contributed by atoms with Crippen LogP contribution in [0, 0.1) is 0 Å². The van der Waals surface area contributed by atoms with E-state index in [-0.39, 0.29) is 11.5 Å². The molecule has 5 rings (SSSR count). The highest BCUT2D eigenvalue weighted by molar-refractivity contribution is 6.04. The molecule has 4 aromatic rings. The van der Waals surface area contributed by atoms with Crippen molar-refractivity contribution < 1.29 is 18.7 Å². The quantitative estimate of drug-likeness (QED) is 0.392. The molecule has 0 saturated carbocycles. The molecule has 7 nitrogen and oxygen atoms in total. The third-order valence-electron chi connectivity index (χ3n) is 5.99. The molecule has 0 bridgehead atoms. The van der Waals surface area contributed by atoms with Crippen LogP contribution in [0.2, 0.25) is 0 Å². The van der Waals surface area contributed by atoms with Crippen LogP contribution >= 0.6 is 0 Å². The lowest BCUT2D eigenvalue weighted by molar-refractivity contribution is -0.119. The van der Waals surface area contributed by atoms with E-state index >= 15 is 0 Å². The van der Waals surface area contributed by atoms with E-state index in [1.54, 1.807) is 26.4 Å². The lowest BCUT2D eigenvalue weighted by atomic mass is 9.97. The first-order valence-corrected chi connectivity index (χ1v) is 10.8. The lowest BCUT2D eigenvalue weighted by Gasteiger charge is -2.17. The van der Waals surface area contributed by atoms with Gasteiger partial charge in [0.05, 0.1) is 31.4 Å². The monoisotopic (exact) mass is 454 g/mol. The summed E-state index contributed by atoms with van der Waals surface area (Å²) < 4.78 is 16.4. The molecule has 0 fully saturated rings. The zero-order chi connectivity index (χ0) is 23.7. The second-order valence-electron chi connectivity index (χ2n) is 7.94. The van der Waals surface area contributed by atoms with Crippen molar-refractivity contribution in [2.75, 3.05) is 14.2 Å². The van der Waals surface area contributed by atoms with Gasteiger partial charge in [-0.15, -0.1) is 0 Å².